The molecule has 0 aliphatic rings. The number of aryl methyl sites for hydroxylation is 2. The molecular weight excluding hydrogens is 286 g/mol. The van der Waals surface area contributed by atoms with Crippen molar-refractivity contribution in [3.63, 3.8) is 0 Å². The van der Waals surface area contributed by atoms with Gasteiger partial charge in [-0.3, -0.25) is 0 Å². The minimum Gasteiger partial charge on any atom is -0.494 e. The van der Waals surface area contributed by atoms with Crippen LogP contribution >= 0.6 is 10.7 Å². The Morgan fingerprint density at radius 1 is 1.21 bits per heavy atom. The summed E-state index contributed by atoms with van der Waals surface area (Å²) in [6.45, 7) is 4.99. The highest BCUT2D eigenvalue weighted by atomic mass is 35.7. The number of benzene rings is 1. The van der Waals surface area contributed by atoms with E-state index in [1.54, 1.807) is 26.0 Å². The molecule has 0 unspecified atom stereocenters. The average molecular weight is 306 g/mol. The van der Waals surface area contributed by atoms with Gasteiger partial charge in [-0.1, -0.05) is 0 Å². The van der Waals surface area contributed by atoms with E-state index >= 15 is 0 Å². The standard InChI is InChI=1S/C13H20ClNO3S/c1-10-8-12(18-7-5-6-15(3)4)9-11(2)13(10)19(14,16)17/h8-9H,5-7H2,1-4H3. The SMILES string of the molecule is Cc1cc(OCCCN(C)C)cc(C)c1S(=O)(=O)Cl. The molecule has 0 fully saturated rings. The number of rotatable bonds is 6. The lowest BCUT2D eigenvalue weighted by molar-refractivity contribution is 0.281. The van der Waals surface area contributed by atoms with Crippen LogP contribution in [0.3, 0.4) is 0 Å². The number of ether oxygens (including phenoxy) is 1. The van der Waals surface area contributed by atoms with Crippen LogP contribution in [0.5, 0.6) is 5.75 Å². The highest BCUT2D eigenvalue weighted by Crippen LogP contribution is 2.28. The Labute approximate surface area is 119 Å². The van der Waals surface area contributed by atoms with Crippen molar-refractivity contribution < 1.29 is 13.2 Å². The Kier molecular flexibility index (Phi) is 5.64. The van der Waals surface area contributed by atoms with E-state index in [2.05, 4.69) is 4.90 Å². The van der Waals surface area contributed by atoms with Crippen molar-refractivity contribution in [1.29, 1.82) is 0 Å². The fraction of sp³-hybridized carbons (Fsp3) is 0.538. The van der Waals surface area contributed by atoms with Crippen LogP contribution in [0.2, 0.25) is 0 Å². The lowest BCUT2D eigenvalue weighted by Gasteiger charge is -2.13. The third kappa shape index (κ3) is 5.01. The molecule has 1 rings (SSSR count). The minimum atomic E-state index is -3.71. The van der Waals surface area contributed by atoms with Crippen molar-refractivity contribution in [2.24, 2.45) is 0 Å². The van der Waals surface area contributed by atoms with Crippen LogP contribution in [0, 0.1) is 13.8 Å². The average Bonchev–Trinajstić information content (AvgIpc) is 2.21. The highest BCUT2D eigenvalue weighted by molar-refractivity contribution is 8.13. The van der Waals surface area contributed by atoms with E-state index in [1.165, 1.54) is 0 Å². The summed E-state index contributed by atoms with van der Waals surface area (Å²) in [5.41, 5.74) is 1.22. The van der Waals surface area contributed by atoms with Crippen LogP contribution in [0.1, 0.15) is 17.5 Å². The van der Waals surface area contributed by atoms with Crippen LogP contribution < -0.4 is 4.74 Å². The molecule has 0 aliphatic carbocycles. The highest BCUT2D eigenvalue weighted by Gasteiger charge is 2.17. The Balaban J connectivity index is 2.79. The molecule has 0 saturated heterocycles. The molecule has 0 bridgehead atoms. The molecule has 0 spiro atoms. The van der Waals surface area contributed by atoms with Gasteiger partial charge in [0.25, 0.3) is 9.05 Å². The summed E-state index contributed by atoms with van der Waals surface area (Å²) in [6, 6.07) is 3.41. The molecule has 19 heavy (non-hydrogen) atoms. The first-order valence-electron chi connectivity index (χ1n) is 6.05. The summed E-state index contributed by atoms with van der Waals surface area (Å²) >= 11 is 0. The van der Waals surface area contributed by atoms with Crippen LogP contribution in [-0.4, -0.2) is 40.6 Å². The number of hydrogen-bond acceptors (Lipinski definition) is 4. The van der Waals surface area contributed by atoms with Crippen molar-refractivity contribution in [2.45, 2.75) is 25.2 Å². The lowest BCUT2D eigenvalue weighted by atomic mass is 10.1. The summed E-state index contributed by atoms with van der Waals surface area (Å²) in [6.07, 6.45) is 0.917. The van der Waals surface area contributed by atoms with Gasteiger partial charge in [0.2, 0.25) is 0 Å². The summed E-state index contributed by atoms with van der Waals surface area (Å²) in [5.74, 6) is 0.679. The summed E-state index contributed by atoms with van der Waals surface area (Å²) < 4.78 is 28.5. The zero-order valence-corrected chi connectivity index (χ0v) is 13.3. The van der Waals surface area contributed by atoms with Crippen molar-refractivity contribution in [1.82, 2.24) is 4.90 Å². The third-order valence-corrected chi connectivity index (χ3v) is 4.29. The fourth-order valence-electron chi connectivity index (χ4n) is 1.95. The minimum absolute atomic E-state index is 0.176. The second-order valence-electron chi connectivity index (χ2n) is 4.83. The van der Waals surface area contributed by atoms with E-state index in [1.807, 2.05) is 14.1 Å². The maximum absolute atomic E-state index is 11.4. The lowest BCUT2D eigenvalue weighted by Crippen LogP contribution is -2.15. The Morgan fingerprint density at radius 2 is 1.74 bits per heavy atom. The first-order valence-corrected chi connectivity index (χ1v) is 8.36. The third-order valence-electron chi connectivity index (χ3n) is 2.70. The van der Waals surface area contributed by atoms with E-state index in [-0.39, 0.29) is 4.90 Å². The molecule has 1 aromatic rings. The quantitative estimate of drug-likeness (QED) is 0.598. The maximum atomic E-state index is 11.4. The monoisotopic (exact) mass is 305 g/mol. The van der Waals surface area contributed by atoms with Gasteiger partial charge in [-0.2, -0.15) is 0 Å². The van der Waals surface area contributed by atoms with Gasteiger partial charge in [-0.15, -0.1) is 0 Å². The molecule has 6 heteroatoms. The molecule has 4 nitrogen and oxygen atoms in total. The molecule has 0 amide bonds. The smallest absolute Gasteiger partial charge is 0.261 e. The van der Waals surface area contributed by atoms with Gasteiger partial charge >= 0.3 is 0 Å². The van der Waals surface area contributed by atoms with Crippen LogP contribution in [0.25, 0.3) is 0 Å². The second-order valence-corrected chi connectivity index (χ2v) is 7.33. The van der Waals surface area contributed by atoms with Crippen molar-refractivity contribution in [3.8, 4) is 5.75 Å². The Bertz CT molecular complexity index is 518. The van der Waals surface area contributed by atoms with E-state index in [4.69, 9.17) is 15.4 Å². The van der Waals surface area contributed by atoms with Gasteiger partial charge in [0.1, 0.15) is 5.75 Å². The zero-order chi connectivity index (χ0) is 14.6. The Morgan fingerprint density at radius 3 is 2.16 bits per heavy atom. The van der Waals surface area contributed by atoms with E-state index in [9.17, 15) is 8.42 Å². The predicted octanol–water partition coefficient (Wildman–Crippen LogP) is 2.56. The number of nitrogens with zero attached hydrogens (tertiary/aromatic N) is 1. The van der Waals surface area contributed by atoms with Gasteiger partial charge in [-0.05, 0) is 57.6 Å². The summed E-state index contributed by atoms with van der Waals surface area (Å²) in [5, 5.41) is 0. The van der Waals surface area contributed by atoms with Gasteiger partial charge < -0.3 is 9.64 Å². The fourth-order valence-corrected chi connectivity index (χ4v) is 3.57. The topological polar surface area (TPSA) is 46.6 Å². The molecule has 0 heterocycles. The van der Waals surface area contributed by atoms with Gasteiger partial charge in [-0.25, -0.2) is 8.42 Å². The molecule has 0 N–H and O–H groups in total. The second kappa shape index (κ2) is 6.59. The van der Waals surface area contributed by atoms with Crippen LogP contribution in [-0.2, 0) is 9.05 Å². The predicted molar refractivity (Wildman–Crippen MR) is 77.6 cm³/mol. The van der Waals surface area contributed by atoms with Crippen LogP contribution in [0.15, 0.2) is 17.0 Å². The molecule has 0 atom stereocenters. The molecule has 0 radical (unpaired) electrons. The summed E-state index contributed by atoms with van der Waals surface area (Å²) in [4.78, 5) is 2.26. The molecule has 0 saturated carbocycles. The van der Waals surface area contributed by atoms with Gasteiger partial charge in [0.05, 0.1) is 11.5 Å². The van der Waals surface area contributed by atoms with Gasteiger partial charge in [0, 0.05) is 17.2 Å². The first-order chi connectivity index (χ1) is 8.71. The van der Waals surface area contributed by atoms with E-state index in [0.717, 1.165) is 13.0 Å². The number of halogens is 1. The maximum Gasteiger partial charge on any atom is 0.261 e. The van der Waals surface area contributed by atoms with E-state index in [0.29, 0.717) is 23.5 Å². The molecule has 108 valence electrons. The van der Waals surface area contributed by atoms with Crippen molar-refractivity contribution in [3.05, 3.63) is 23.3 Å². The normalized spacial score (nSPS) is 11.9. The van der Waals surface area contributed by atoms with Crippen molar-refractivity contribution in [2.75, 3.05) is 27.2 Å². The Hall–Kier alpha value is -0.780. The van der Waals surface area contributed by atoms with E-state index < -0.39 is 9.05 Å². The zero-order valence-electron chi connectivity index (χ0n) is 11.7. The number of hydrogen-bond donors (Lipinski definition) is 0. The molecule has 1 aromatic carbocycles. The van der Waals surface area contributed by atoms with Crippen LogP contribution in [0.4, 0.5) is 0 Å². The molecule has 0 aromatic heterocycles. The first kappa shape index (κ1) is 16.3. The molecule has 0 aliphatic heterocycles. The van der Waals surface area contributed by atoms with Crippen molar-refractivity contribution >= 4 is 19.7 Å². The molecular formula is C13H20ClNO3S. The van der Waals surface area contributed by atoms with Gasteiger partial charge in [0.15, 0.2) is 0 Å². The summed E-state index contributed by atoms with van der Waals surface area (Å²) in [7, 11) is 5.72. The largest absolute Gasteiger partial charge is 0.494 e.